The third-order valence-corrected chi connectivity index (χ3v) is 1.45. The molecule has 0 aliphatic carbocycles. The van der Waals surface area contributed by atoms with Gasteiger partial charge in [-0.25, -0.2) is 0 Å². The van der Waals surface area contributed by atoms with Gasteiger partial charge in [0.05, 0.1) is 6.67 Å². The number of allylic oxidation sites excluding steroid dienone is 2. The van der Waals surface area contributed by atoms with Gasteiger partial charge in [0.1, 0.15) is 0 Å². The van der Waals surface area contributed by atoms with Crippen molar-refractivity contribution in [1.82, 2.24) is 10.2 Å². The molecule has 1 heterocycles. The Hall–Kier alpha value is -0.760. The number of hydrogen-bond acceptors (Lipinski definition) is 2. The van der Waals surface area contributed by atoms with E-state index in [1.54, 1.807) is 0 Å². The number of hydrogen-bond donors (Lipinski definition) is 1. The van der Waals surface area contributed by atoms with Crippen LogP contribution in [0.2, 0.25) is 0 Å². The molecule has 1 rings (SSSR count). The Labute approximate surface area is 62.2 Å². The maximum Gasteiger partial charge on any atom is 0.0679 e. The number of nitrogens with zero attached hydrogens (tertiary/aromatic N) is 1. The summed E-state index contributed by atoms with van der Waals surface area (Å²) in [6, 6.07) is 0. The van der Waals surface area contributed by atoms with E-state index in [9.17, 15) is 0 Å². The Balaban J connectivity index is 2.17. The van der Waals surface area contributed by atoms with Crippen molar-refractivity contribution in [2.75, 3.05) is 19.8 Å². The zero-order chi connectivity index (χ0) is 7.23. The summed E-state index contributed by atoms with van der Waals surface area (Å²) in [6.07, 6.45) is 8.38. The maximum absolute atomic E-state index is 3.26. The Bertz CT molecular complexity index is 138. The molecule has 0 saturated carbocycles. The monoisotopic (exact) mass is 138 g/mol. The molecule has 0 aromatic carbocycles. The second-order valence-electron chi connectivity index (χ2n) is 2.30. The number of rotatable bonds is 3. The van der Waals surface area contributed by atoms with Gasteiger partial charge in [-0.15, -0.1) is 0 Å². The van der Waals surface area contributed by atoms with E-state index in [0.717, 1.165) is 19.8 Å². The summed E-state index contributed by atoms with van der Waals surface area (Å²) in [4.78, 5) is 2.23. The second kappa shape index (κ2) is 4.12. The van der Waals surface area contributed by atoms with Crippen LogP contribution in [0.3, 0.4) is 0 Å². The van der Waals surface area contributed by atoms with Crippen LogP contribution < -0.4 is 5.32 Å². The normalized spacial score (nSPS) is 16.3. The highest BCUT2D eigenvalue weighted by atomic mass is 15.2. The summed E-state index contributed by atoms with van der Waals surface area (Å²) in [6.45, 7) is 5.14. The fraction of sp³-hybridized carbons (Fsp3) is 0.500. The molecule has 0 bridgehead atoms. The lowest BCUT2D eigenvalue weighted by Crippen LogP contribution is -2.30. The maximum atomic E-state index is 3.26. The second-order valence-corrected chi connectivity index (χ2v) is 2.30. The molecule has 2 nitrogen and oxygen atoms in total. The standard InChI is InChI=1S/C8H14N2/c1-2-9-8-10-6-4-3-5-7-10/h3-6,9H,2,7-8H2,1H3. The van der Waals surface area contributed by atoms with Gasteiger partial charge in [-0.2, -0.15) is 0 Å². The molecule has 0 amide bonds. The fourth-order valence-electron chi connectivity index (χ4n) is 0.880. The summed E-state index contributed by atoms with van der Waals surface area (Å²) in [5.41, 5.74) is 0. The van der Waals surface area contributed by atoms with Gasteiger partial charge < -0.3 is 10.2 Å². The van der Waals surface area contributed by atoms with Gasteiger partial charge in [0.15, 0.2) is 0 Å². The molecular formula is C8H14N2. The molecular weight excluding hydrogens is 124 g/mol. The summed E-state index contributed by atoms with van der Waals surface area (Å²) in [5.74, 6) is 0. The average Bonchev–Trinajstić information content (AvgIpc) is 2.03. The molecule has 56 valence electrons. The van der Waals surface area contributed by atoms with Gasteiger partial charge >= 0.3 is 0 Å². The minimum absolute atomic E-state index is 0.956. The Morgan fingerprint density at radius 1 is 1.50 bits per heavy atom. The summed E-state index contributed by atoms with van der Waals surface area (Å²) >= 11 is 0. The Morgan fingerprint density at radius 2 is 2.40 bits per heavy atom. The van der Waals surface area contributed by atoms with Crippen LogP contribution in [0.4, 0.5) is 0 Å². The fourth-order valence-corrected chi connectivity index (χ4v) is 0.880. The highest BCUT2D eigenvalue weighted by Crippen LogP contribution is 1.95. The first-order chi connectivity index (χ1) is 4.93. The van der Waals surface area contributed by atoms with Crippen LogP contribution in [0.15, 0.2) is 24.4 Å². The van der Waals surface area contributed by atoms with Crippen LogP contribution >= 0.6 is 0 Å². The molecule has 0 spiro atoms. The minimum Gasteiger partial charge on any atom is -0.361 e. The van der Waals surface area contributed by atoms with Gasteiger partial charge in [0.25, 0.3) is 0 Å². The van der Waals surface area contributed by atoms with Crippen LogP contribution in [0, 0.1) is 0 Å². The van der Waals surface area contributed by atoms with E-state index in [2.05, 4.69) is 41.6 Å². The Morgan fingerprint density at radius 3 is 3.00 bits per heavy atom. The predicted octanol–water partition coefficient (Wildman–Crippen LogP) is 0.939. The molecule has 10 heavy (non-hydrogen) atoms. The van der Waals surface area contributed by atoms with Crippen molar-refractivity contribution in [3.8, 4) is 0 Å². The van der Waals surface area contributed by atoms with Gasteiger partial charge in [-0.05, 0) is 12.6 Å². The average molecular weight is 138 g/mol. The lowest BCUT2D eigenvalue weighted by molar-refractivity contribution is 0.377. The van der Waals surface area contributed by atoms with E-state index < -0.39 is 0 Å². The van der Waals surface area contributed by atoms with Crippen molar-refractivity contribution in [1.29, 1.82) is 0 Å². The third-order valence-electron chi connectivity index (χ3n) is 1.45. The van der Waals surface area contributed by atoms with Gasteiger partial charge in [0, 0.05) is 12.7 Å². The van der Waals surface area contributed by atoms with Gasteiger partial charge in [-0.3, -0.25) is 0 Å². The quantitative estimate of drug-likeness (QED) is 0.624. The molecule has 0 saturated heterocycles. The lowest BCUT2D eigenvalue weighted by atomic mass is 10.4. The predicted molar refractivity (Wildman–Crippen MR) is 43.5 cm³/mol. The van der Waals surface area contributed by atoms with Crippen molar-refractivity contribution < 1.29 is 0 Å². The van der Waals surface area contributed by atoms with Crippen LogP contribution in [0.25, 0.3) is 0 Å². The van der Waals surface area contributed by atoms with Gasteiger partial charge in [0.2, 0.25) is 0 Å². The van der Waals surface area contributed by atoms with Crippen molar-refractivity contribution >= 4 is 0 Å². The first-order valence-corrected chi connectivity index (χ1v) is 3.71. The number of nitrogens with one attached hydrogen (secondary N) is 1. The molecule has 0 radical (unpaired) electrons. The Kier molecular flexibility index (Phi) is 3.03. The smallest absolute Gasteiger partial charge is 0.0679 e. The van der Waals surface area contributed by atoms with E-state index >= 15 is 0 Å². The zero-order valence-corrected chi connectivity index (χ0v) is 6.38. The molecule has 0 unspecified atom stereocenters. The summed E-state index contributed by atoms with van der Waals surface area (Å²) in [5, 5.41) is 3.26. The topological polar surface area (TPSA) is 15.3 Å². The van der Waals surface area contributed by atoms with E-state index in [1.165, 1.54) is 0 Å². The summed E-state index contributed by atoms with van der Waals surface area (Å²) < 4.78 is 0. The molecule has 1 aliphatic rings. The SMILES string of the molecule is CCNCN1C=CC=CC1. The first-order valence-electron chi connectivity index (χ1n) is 3.71. The van der Waals surface area contributed by atoms with Crippen molar-refractivity contribution in [2.24, 2.45) is 0 Å². The van der Waals surface area contributed by atoms with Gasteiger partial charge in [-0.1, -0.05) is 19.1 Å². The highest BCUT2D eigenvalue weighted by Gasteiger charge is 1.95. The van der Waals surface area contributed by atoms with Crippen LogP contribution in [0.5, 0.6) is 0 Å². The van der Waals surface area contributed by atoms with Crippen molar-refractivity contribution in [2.45, 2.75) is 6.92 Å². The van der Waals surface area contributed by atoms with Crippen LogP contribution in [-0.2, 0) is 0 Å². The largest absolute Gasteiger partial charge is 0.361 e. The van der Waals surface area contributed by atoms with E-state index in [4.69, 9.17) is 0 Å². The lowest BCUT2D eigenvalue weighted by Gasteiger charge is -2.20. The zero-order valence-electron chi connectivity index (χ0n) is 6.38. The molecule has 1 aliphatic heterocycles. The molecule has 0 aromatic heterocycles. The summed E-state index contributed by atoms with van der Waals surface area (Å²) in [7, 11) is 0. The van der Waals surface area contributed by atoms with E-state index in [1.807, 2.05) is 0 Å². The minimum atomic E-state index is 0.956. The van der Waals surface area contributed by atoms with E-state index in [0.29, 0.717) is 0 Å². The van der Waals surface area contributed by atoms with Crippen molar-refractivity contribution in [3.63, 3.8) is 0 Å². The molecule has 1 N–H and O–H groups in total. The van der Waals surface area contributed by atoms with E-state index in [-0.39, 0.29) is 0 Å². The first kappa shape index (κ1) is 7.35. The van der Waals surface area contributed by atoms with Crippen molar-refractivity contribution in [3.05, 3.63) is 24.4 Å². The highest BCUT2D eigenvalue weighted by molar-refractivity contribution is 5.08. The molecule has 0 fully saturated rings. The van der Waals surface area contributed by atoms with Crippen LogP contribution in [-0.4, -0.2) is 24.7 Å². The molecule has 0 atom stereocenters. The third kappa shape index (κ3) is 2.23. The molecule has 2 heteroatoms. The molecule has 0 aromatic rings. The van der Waals surface area contributed by atoms with Crippen LogP contribution in [0.1, 0.15) is 6.92 Å².